The number of rotatable bonds is 5. The Labute approximate surface area is 182 Å². The topological polar surface area (TPSA) is 92.6 Å². The summed E-state index contributed by atoms with van der Waals surface area (Å²) in [6.45, 7) is 1.85. The maximum Gasteiger partial charge on any atom is 0.282 e. The third kappa shape index (κ3) is 3.78. The Morgan fingerprint density at radius 1 is 0.935 bits per heavy atom. The second-order valence-corrected chi connectivity index (χ2v) is 7.36. The number of carbonyl (C=O) groups is 2. The first-order chi connectivity index (χ1) is 14.9. The van der Waals surface area contributed by atoms with Crippen molar-refractivity contribution in [1.29, 1.82) is 0 Å². The predicted molar refractivity (Wildman–Crippen MR) is 119 cm³/mol. The number of aryl methyl sites for hydroxylation is 1. The molecule has 0 saturated heterocycles. The lowest BCUT2D eigenvalue weighted by atomic mass is 10.0. The van der Waals surface area contributed by atoms with Gasteiger partial charge < -0.3 is 5.32 Å². The molecule has 0 spiro atoms. The number of hydrogen-bond acceptors (Lipinski definition) is 5. The van der Waals surface area contributed by atoms with E-state index in [2.05, 4.69) is 5.32 Å². The van der Waals surface area contributed by atoms with E-state index in [1.54, 1.807) is 48.5 Å². The summed E-state index contributed by atoms with van der Waals surface area (Å²) in [6.07, 6.45) is 0. The van der Waals surface area contributed by atoms with Crippen molar-refractivity contribution in [3.63, 3.8) is 0 Å². The van der Waals surface area contributed by atoms with Crippen LogP contribution >= 0.6 is 11.6 Å². The number of imide groups is 1. The van der Waals surface area contributed by atoms with E-state index in [4.69, 9.17) is 11.6 Å². The van der Waals surface area contributed by atoms with Crippen molar-refractivity contribution in [1.82, 2.24) is 0 Å². The Kier molecular flexibility index (Phi) is 5.27. The van der Waals surface area contributed by atoms with Gasteiger partial charge in [0.15, 0.2) is 0 Å². The summed E-state index contributed by atoms with van der Waals surface area (Å²) in [4.78, 5) is 38.2. The minimum absolute atomic E-state index is 0.0769. The molecule has 0 aliphatic carbocycles. The number of nitrogens with zero attached hydrogens (tertiary/aromatic N) is 2. The standard InChI is InChI=1S/C23H16ClN3O4/c1-14-7-10-16(24)13-19(14)25-21-20(15-8-11-18(12-9-15)27(30)31)22(28)26(23(21)29)17-5-3-2-4-6-17/h2-13,25H,1H3. The van der Waals surface area contributed by atoms with E-state index in [1.165, 1.54) is 24.3 Å². The molecule has 0 radical (unpaired) electrons. The smallest absolute Gasteiger partial charge is 0.282 e. The lowest BCUT2D eigenvalue weighted by Crippen LogP contribution is -2.32. The highest BCUT2D eigenvalue weighted by molar-refractivity contribution is 6.46. The molecule has 1 heterocycles. The summed E-state index contributed by atoms with van der Waals surface area (Å²) >= 11 is 6.11. The van der Waals surface area contributed by atoms with Crippen molar-refractivity contribution >= 4 is 46.1 Å². The van der Waals surface area contributed by atoms with Crippen molar-refractivity contribution in [3.8, 4) is 0 Å². The summed E-state index contributed by atoms with van der Waals surface area (Å²) in [5.41, 5.74) is 2.33. The summed E-state index contributed by atoms with van der Waals surface area (Å²) in [6, 6.07) is 19.3. The van der Waals surface area contributed by atoms with Gasteiger partial charge in [-0.15, -0.1) is 0 Å². The molecule has 154 valence electrons. The van der Waals surface area contributed by atoms with Crippen LogP contribution in [-0.4, -0.2) is 16.7 Å². The lowest BCUT2D eigenvalue weighted by Gasteiger charge is -2.15. The highest BCUT2D eigenvalue weighted by atomic mass is 35.5. The largest absolute Gasteiger partial charge is 0.350 e. The minimum atomic E-state index is -0.524. The molecule has 1 N–H and O–H groups in total. The number of nitro groups is 1. The van der Waals surface area contributed by atoms with Crippen LogP contribution in [0.15, 0.2) is 78.5 Å². The fourth-order valence-electron chi connectivity index (χ4n) is 3.34. The van der Waals surface area contributed by atoms with Gasteiger partial charge in [0.1, 0.15) is 5.70 Å². The van der Waals surface area contributed by atoms with Crippen LogP contribution in [0.2, 0.25) is 5.02 Å². The zero-order chi connectivity index (χ0) is 22.1. The van der Waals surface area contributed by atoms with Crippen molar-refractivity contribution < 1.29 is 14.5 Å². The first kappa shape index (κ1) is 20.3. The van der Waals surface area contributed by atoms with Gasteiger partial charge in [0.25, 0.3) is 17.5 Å². The van der Waals surface area contributed by atoms with Crippen LogP contribution in [0.5, 0.6) is 0 Å². The third-order valence-corrected chi connectivity index (χ3v) is 5.16. The summed E-state index contributed by atoms with van der Waals surface area (Å²) < 4.78 is 0. The second-order valence-electron chi connectivity index (χ2n) is 6.92. The number of anilines is 2. The Balaban J connectivity index is 1.84. The summed E-state index contributed by atoms with van der Waals surface area (Å²) in [7, 11) is 0. The van der Waals surface area contributed by atoms with Gasteiger partial charge in [-0.3, -0.25) is 19.7 Å². The van der Waals surface area contributed by atoms with Gasteiger partial charge in [-0.05, 0) is 54.4 Å². The van der Waals surface area contributed by atoms with Gasteiger partial charge in [0.05, 0.1) is 16.2 Å². The number of benzene rings is 3. The van der Waals surface area contributed by atoms with Crippen molar-refractivity contribution in [2.45, 2.75) is 6.92 Å². The predicted octanol–water partition coefficient (Wildman–Crippen LogP) is 4.95. The van der Waals surface area contributed by atoms with Crippen LogP contribution in [0.3, 0.4) is 0 Å². The highest BCUT2D eigenvalue weighted by Crippen LogP contribution is 2.35. The minimum Gasteiger partial charge on any atom is -0.350 e. The first-order valence-corrected chi connectivity index (χ1v) is 9.70. The molecular weight excluding hydrogens is 418 g/mol. The van der Waals surface area contributed by atoms with Gasteiger partial charge >= 0.3 is 0 Å². The van der Waals surface area contributed by atoms with Gasteiger partial charge in [-0.1, -0.05) is 35.9 Å². The molecule has 0 unspecified atom stereocenters. The molecule has 7 nitrogen and oxygen atoms in total. The summed E-state index contributed by atoms with van der Waals surface area (Å²) in [5.74, 6) is -1.05. The number of carbonyl (C=O) groups excluding carboxylic acids is 2. The molecule has 0 atom stereocenters. The quantitative estimate of drug-likeness (QED) is 0.349. The van der Waals surface area contributed by atoms with E-state index in [0.717, 1.165) is 10.5 Å². The van der Waals surface area contributed by atoms with E-state index in [9.17, 15) is 19.7 Å². The number of para-hydroxylation sites is 1. The number of nitro benzene ring substituents is 1. The monoisotopic (exact) mass is 433 g/mol. The molecule has 1 aliphatic heterocycles. The molecule has 1 aliphatic rings. The fourth-order valence-corrected chi connectivity index (χ4v) is 3.51. The third-order valence-electron chi connectivity index (χ3n) is 4.92. The molecule has 2 amide bonds. The molecular formula is C23H16ClN3O4. The molecule has 0 fully saturated rings. The molecule has 0 bridgehead atoms. The van der Waals surface area contributed by atoms with Crippen LogP contribution < -0.4 is 10.2 Å². The van der Waals surface area contributed by atoms with Gasteiger partial charge in [-0.25, -0.2) is 4.90 Å². The molecule has 4 rings (SSSR count). The van der Waals surface area contributed by atoms with Crippen LogP contribution in [0, 0.1) is 17.0 Å². The molecule has 0 saturated carbocycles. The first-order valence-electron chi connectivity index (χ1n) is 9.33. The maximum absolute atomic E-state index is 13.3. The Morgan fingerprint density at radius 2 is 1.61 bits per heavy atom. The van der Waals surface area contributed by atoms with Gasteiger partial charge in [0, 0.05) is 22.8 Å². The van der Waals surface area contributed by atoms with Gasteiger partial charge in [0.2, 0.25) is 0 Å². The zero-order valence-electron chi connectivity index (χ0n) is 16.3. The van der Waals surface area contributed by atoms with Crippen molar-refractivity contribution in [2.75, 3.05) is 10.2 Å². The Hall–Kier alpha value is -3.97. The number of non-ortho nitro benzene ring substituents is 1. The SMILES string of the molecule is Cc1ccc(Cl)cc1NC1=C(c2ccc([N+](=O)[O-])cc2)C(=O)N(c2ccccc2)C1=O. The van der Waals surface area contributed by atoms with Crippen molar-refractivity contribution in [3.05, 3.63) is 105 Å². The Bertz CT molecular complexity index is 1240. The number of amides is 2. The van der Waals surface area contributed by atoms with Crippen LogP contribution in [0.1, 0.15) is 11.1 Å². The summed E-state index contributed by atoms with van der Waals surface area (Å²) in [5, 5.41) is 14.5. The number of nitrogens with one attached hydrogen (secondary N) is 1. The average molecular weight is 434 g/mol. The maximum atomic E-state index is 13.3. The number of halogens is 1. The highest BCUT2D eigenvalue weighted by Gasteiger charge is 2.40. The van der Waals surface area contributed by atoms with E-state index >= 15 is 0 Å². The molecule has 8 heteroatoms. The van der Waals surface area contributed by atoms with Crippen molar-refractivity contribution in [2.24, 2.45) is 0 Å². The fraction of sp³-hybridized carbons (Fsp3) is 0.0435. The lowest BCUT2D eigenvalue weighted by molar-refractivity contribution is -0.384. The van der Waals surface area contributed by atoms with Gasteiger partial charge in [-0.2, -0.15) is 0 Å². The van der Waals surface area contributed by atoms with E-state index in [0.29, 0.717) is 22.0 Å². The Morgan fingerprint density at radius 3 is 2.26 bits per heavy atom. The van der Waals surface area contributed by atoms with Crippen LogP contribution in [0.25, 0.3) is 5.57 Å². The molecule has 3 aromatic carbocycles. The normalized spacial score (nSPS) is 13.7. The molecule has 0 aromatic heterocycles. The van der Waals surface area contributed by atoms with E-state index < -0.39 is 16.7 Å². The zero-order valence-corrected chi connectivity index (χ0v) is 17.1. The van der Waals surface area contributed by atoms with E-state index in [1.807, 2.05) is 6.92 Å². The molecule has 31 heavy (non-hydrogen) atoms. The second kappa shape index (κ2) is 8.04. The number of hydrogen-bond donors (Lipinski definition) is 1. The van der Waals surface area contributed by atoms with E-state index in [-0.39, 0.29) is 17.0 Å². The van der Waals surface area contributed by atoms with Crippen LogP contribution in [0.4, 0.5) is 17.1 Å². The van der Waals surface area contributed by atoms with Crippen LogP contribution in [-0.2, 0) is 9.59 Å². The molecule has 3 aromatic rings. The average Bonchev–Trinajstić information content (AvgIpc) is 3.01.